The monoisotopic (exact) mass is 690 g/mol. The van der Waals surface area contributed by atoms with Gasteiger partial charge < -0.3 is 23.9 Å². The van der Waals surface area contributed by atoms with Gasteiger partial charge in [0, 0.05) is 37.9 Å². The van der Waals surface area contributed by atoms with Crippen LogP contribution in [0.1, 0.15) is 74.0 Å². The van der Waals surface area contributed by atoms with Crippen LogP contribution in [0.4, 0.5) is 5.69 Å². The minimum absolute atomic E-state index is 0.0755. The highest BCUT2D eigenvalue weighted by Gasteiger charge is 2.32. The minimum atomic E-state index is -1.27. The normalized spacial score (nSPS) is 12.9. The molecule has 11 heteroatoms. The van der Waals surface area contributed by atoms with E-state index in [1.54, 1.807) is 79.8 Å². The van der Waals surface area contributed by atoms with Crippen molar-refractivity contribution in [2.45, 2.75) is 57.3 Å². The van der Waals surface area contributed by atoms with Gasteiger partial charge in [0.25, 0.3) is 11.8 Å². The molecule has 5 aromatic rings. The minimum Gasteiger partial charge on any atom is -0.507 e. The number of fused-ring (bicyclic) bond motifs is 2. The molecule has 3 amide bonds. The predicted octanol–water partition coefficient (Wildman–Crippen LogP) is 6.50. The van der Waals surface area contributed by atoms with E-state index in [0.29, 0.717) is 24.2 Å². The quantitative estimate of drug-likeness (QED) is 0.0754. The van der Waals surface area contributed by atoms with Crippen LogP contribution in [0.25, 0.3) is 21.9 Å². The van der Waals surface area contributed by atoms with Crippen LogP contribution >= 0.6 is 0 Å². The van der Waals surface area contributed by atoms with Crippen LogP contribution in [-0.4, -0.2) is 46.4 Å². The van der Waals surface area contributed by atoms with Crippen molar-refractivity contribution in [2.75, 3.05) is 18.5 Å². The van der Waals surface area contributed by atoms with Crippen LogP contribution < -0.4 is 16.2 Å². The zero-order valence-electron chi connectivity index (χ0n) is 28.2. The van der Waals surface area contributed by atoms with Crippen molar-refractivity contribution in [1.82, 2.24) is 4.90 Å². The molecule has 1 aliphatic heterocycles. The second-order valence-corrected chi connectivity index (χ2v) is 12.7. The van der Waals surface area contributed by atoms with Crippen molar-refractivity contribution in [3.8, 4) is 11.5 Å². The van der Waals surface area contributed by atoms with E-state index in [-0.39, 0.29) is 62.3 Å². The van der Waals surface area contributed by atoms with Gasteiger partial charge >= 0.3 is 11.3 Å². The number of unbranched alkanes of at least 4 members (excludes halogenated alkanes) is 6. The number of carbonyl (C=O) groups excluding carboxylic acids is 3. The Labute approximate surface area is 293 Å². The highest BCUT2D eigenvalue weighted by Crippen LogP contribution is 2.42. The first-order valence-corrected chi connectivity index (χ1v) is 17.0. The number of hydrogen-bond acceptors (Lipinski definition) is 9. The molecule has 3 heterocycles. The van der Waals surface area contributed by atoms with Gasteiger partial charge in [-0.2, -0.15) is 0 Å². The summed E-state index contributed by atoms with van der Waals surface area (Å²) in [5, 5.41) is 23.3. The third-order valence-electron chi connectivity index (χ3n) is 9.38. The summed E-state index contributed by atoms with van der Waals surface area (Å²) >= 11 is 0. The van der Waals surface area contributed by atoms with Gasteiger partial charge in [-0.3, -0.25) is 19.3 Å². The summed E-state index contributed by atoms with van der Waals surface area (Å²) in [5.41, 5.74) is -0.954. The number of rotatable bonds is 14. The third-order valence-corrected chi connectivity index (χ3v) is 9.38. The average molecular weight is 691 g/mol. The van der Waals surface area contributed by atoms with Gasteiger partial charge in [0.15, 0.2) is 0 Å². The molecule has 0 spiro atoms. The molecule has 2 aromatic heterocycles. The van der Waals surface area contributed by atoms with E-state index < -0.39 is 17.2 Å². The number of carbonyl (C=O) groups is 3. The first-order chi connectivity index (χ1) is 24.7. The van der Waals surface area contributed by atoms with Crippen LogP contribution in [0.2, 0.25) is 0 Å². The van der Waals surface area contributed by atoms with Gasteiger partial charge in [-0.15, -0.1) is 0 Å². The molecule has 1 aliphatic rings. The average Bonchev–Trinajstić information content (AvgIpc) is 3.45. The molecule has 2 N–H and O–H groups in total. The lowest BCUT2D eigenvalue weighted by Crippen LogP contribution is -2.30. The van der Waals surface area contributed by atoms with Gasteiger partial charge in [0.2, 0.25) is 5.91 Å². The van der Waals surface area contributed by atoms with E-state index in [2.05, 4.69) is 0 Å². The molecule has 0 saturated heterocycles. The highest BCUT2D eigenvalue weighted by molar-refractivity contribution is 6.12. The standard InChI is InChI=1S/C40H38N2O9/c1-41(31(43)17-7-5-3-2-4-6-12-24-42-32(44)22-23-33(42)45)26-20-18-25(19-21-26)34(35-37(46)27-13-8-10-15-29(27)50-39(35)48)36-38(47)28-14-9-11-16-30(28)51-40(36)49/h8-11,13-16,18-23,34,46-47H,2-7,12,17,24H2,1H3. The number of anilines is 1. The molecule has 0 radical (unpaired) electrons. The Morgan fingerprint density at radius 2 is 1.14 bits per heavy atom. The van der Waals surface area contributed by atoms with Crippen LogP contribution in [0.5, 0.6) is 11.5 Å². The maximum absolute atomic E-state index is 13.5. The summed E-state index contributed by atoms with van der Waals surface area (Å²) in [7, 11) is 1.67. The van der Waals surface area contributed by atoms with Crippen molar-refractivity contribution in [1.29, 1.82) is 0 Å². The molecule has 262 valence electrons. The Hall–Kier alpha value is -5.97. The lowest BCUT2D eigenvalue weighted by Gasteiger charge is -2.22. The number of hydrogen-bond donors (Lipinski definition) is 2. The van der Waals surface area contributed by atoms with Crippen LogP contribution in [0.3, 0.4) is 0 Å². The van der Waals surface area contributed by atoms with E-state index in [9.17, 15) is 34.2 Å². The fraction of sp³-hybridized carbons (Fsp3) is 0.275. The van der Waals surface area contributed by atoms with Crippen molar-refractivity contribution in [3.05, 3.63) is 122 Å². The number of imide groups is 1. The number of para-hydroxylation sites is 2. The van der Waals surface area contributed by atoms with Gasteiger partial charge in [-0.1, -0.05) is 68.5 Å². The van der Waals surface area contributed by atoms with Crippen molar-refractivity contribution in [2.24, 2.45) is 0 Å². The Kier molecular flexibility index (Phi) is 10.5. The predicted molar refractivity (Wildman–Crippen MR) is 192 cm³/mol. The molecule has 3 aromatic carbocycles. The Morgan fingerprint density at radius 3 is 1.67 bits per heavy atom. The Morgan fingerprint density at radius 1 is 0.667 bits per heavy atom. The van der Waals surface area contributed by atoms with Crippen LogP contribution in [0.15, 0.2) is 103 Å². The number of nitrogens with zero attached hydrogens (tertiary/aromatic N) is 2. The lowest BCUT2D eigenvalue weighted by molar-refractivity contribution is -0.136. The molecule has 0 saturated carbocycles. The Bertz CT molecular complexity index is 2130. The maximum atomic E-state index is 13.5. The molecule has 0 fully saturated rings. The van der Waals surface area contributed by atoms with Crippen molar-refractivity contribution in [3.63, 3.8) is 0 Å². The lowest BCUT2D eigenvalue weighted by atomic mass is 9.84. The molecule has 0 atom stereocenters. The van der Waals surface area contributed by atoms with Crippen molar-refractivity contribution >= 4 is 45.3 Å². The van der Waals surface area contributed by atoms with Gasteiger partial charge in [-0.05, 0) is 54.8 Å². The van der Waals surface area contributed by atoms with E-state index in [1.165, 1.54) is 22.0 Å². The summed E-state index contributed by atoms with van der Waals surface area (Å²) in [6.07, 6.45) is 9.23. The van der Waals surface area contributed by atoms with Crippen LogP contribution in [-0.2, 0) is 14.4 Å². The van der Waals surface area contributed by atoms with E-state index in [0.717, 1.165) is 44.9 Å². The smallest absolute Gasteiger partial charge is 0.344 e. The summed E-state index contributed by atoms with van der Waals surface area (Å²) in [6, 6.07) is 19.6. The second-order valence-electron chi connectivity index (χ2n) is 12.7. The van der Waals surface area contributed by atoms with Crippen LogP contribution in [0, 0.1) is 0 Å². The molecular weight excluding hydrogens is 652 g/mol. The molecule has 0 unspecified atom stereocenters. The summed E-state index contributed by atoms with van der Waals surface area (Å²) in [4.78, 5) is 66.0. The fourth-order valence-corrected chi connectivity index (χ4v) is 6.57. The molecule has 6 rings (SSSR count). The van der Waals surface area contributed by atoms with Gasteiger partial charge in [0.05, 0.1) is 27.8 Å². The summed E-state index contributed by atoms with van der Waals surface area (Å²) in [5.74, 6) is -2.62. The second kappa shape index (κ2) is 15.3. The number of aromatic hydroxyl groups is 2. The first-order valence-electron chi connectivity index (χ1n) is 17.0. The van der Waals surface area contributed by atoms with E-state index >= 15 is 0 Å². The third kappa shape index (κ3) is 7.33. The SMILES string of the molecule is CN(C(=O)CCCCCCCCCN1C(=O)C=CC1=O)c1ccc(C(c2c(O)c3ccccc3oc2=O)c2c(O)c3ccccc3oc2=O)cc1. The van der Waals surface area contributed by atoms with Gasteiger partial charge in [-0.25, -0.2) is 9.59 Å². The molecule has 0 aliphatic carbocycles. The zero-order valence-corrected chi connectivity index (χ0v) is 28.2. The summed E-state index contributed by atoms with van der Waals surface area (Å²) in [6.45, 7) is 0.440. The zero-order chi connectivity index (χ0) is 36.1. The molecule has 11 nitrogen and oxygen atoms in total. The van der Waals surface area contributed by atoms with E-state index in [4.69, 9.17) is 8.83 Å². The topological polar surface area (TPSA) is 159 Å². The fourth-order valence-electron chi connectivity index (χ4n) is 6.57. The first kappa shape index (κ1) is 34.9. The van der Waals surface area contributed by atoms with Gasteiger partial charge in [0.1, 0.15) is 22.7 Å². The number of benzene rings is 3. The summed E-state index contributed by atoms with van der Waals surface area (Å²) < 4.78 is 11.1. The molecule has 0 bridgehead atoms. The Balaban J connectivity index is 1.14. The van der Waals surface area contributed by atoms with Crippen molar-refractivity contribution < 1.29 is 33.4 Å². The molecular formula is C40H38N2O9. The maximum Gasteiger partial charge on any atom is 0.344 e. The molecule has 51 heavy (non-hydrogen) atoms. The largest absolute Gasteiger partial charge is 0.507 e. The highest BCUT2D eigenvalue weighted by atomic mass is 16.4. The van der Waals surface area contributed by atoms with E-state index in [1.807, 2.05) is 0 Å². The number of amides is 3.